The van der Waals surface area contributed by atoms with E-state index >= 15 is 0 Å². The molecule has 0 aliphatic carbocycles. The molecular formula is C19H15N3O3S. The van der Waals surface area contributed by atoms with E-state index in [4.69, 9.17) is 9.26 Å². The quantitative estimate of drug-likeness (QED) is 0.581. The fourth-order valence-corrected chi connectivity index (χ4v) is 3.30. The number of benzene rings is 2. The molecule has 4 rings (SSSR count). The fraction of sp³-hybridized carbons (Fsp3) is 0.105. The van der Waals surface area contributed by atoms with Crippen molar-refractivity contribution in [1.29, 1.82) is 0 Å². The van der Waals surface area contributed by atoms with E-state index in [1.807, 2.05) is 53.9 Å². The minimum absolute atomic E-state index is 0.146. The highest BCUT2D eigenvalue weighted by atomic mass is 32.1. The van der Waals surface area contributed by atoms with E-state index in [0.29, 0.717) is 23.0 Å². The van der Waals surface area contributed by atoms with Crippen LogP contribution in [0.1, 0.15) is 16.2 Å². The Bertz CT molecular complexity index is 1060. The van der Waals surface area contributed by atoms with Crippen LogP contribution in [-0.4, -0.2) is 23.2 Å². The Kier molecular flexibility index (Phi) is 4.37. The van der Waals surface area contributed by atoms with Crippen molar-refractivity contribution in [2.24, 2.45) is 0 Å². The Balaban J connectivity index is 1.52. The van der Waals surface area contributed by atoms with Crippen LogP contribution in [0.25, 0.3) is 21.5 Å². The molecule has 26 heavy (non-hydrogen) atoms. The summed E-state index contributed by atoms with van der Waals surface area (Å²) in [5.41, 5.74) is 0.462. The van der Waals surface area contributed by atoms with E-state index in [1.165, 1.54) is 11.3 Å². The third-order valence-electron chi connectivity index (χ3n) is 3.92. The van der Waals surface area contributed by atoms with Crippen LogP contribution >= 0.6 is 11.3 Å². The predicted octanol–water partition coefficient (Wildman–Crippen LogP) is 3.89. The number of amides is 1. The van der Waals surface area contributed by atoms with Gasteiger partial charge in [0.1, 0.15) is 5.75 Å². The van der Waals surface area contributed by atoms with E-state index in [2.05, 4.69) is 15.5 Å². The number of hydrogen-bond donors (Lipinski definition) is 1. The van der Waals surface area contributed by atoms with Crippen molar-refractivity contribution < 1.29 is 14.1 Å². The Morgan fingerprint density at radius 2 is 2.00 bits per heavy atom. The number of carbonyl (C=O) groups excluding carboxylic acids is 1. The highest BCUT2D eigenvalue weighted by molar-refractivity contribution is 7.13. The van der Waals surface area contributed by atoms with Gasteiger partial charge in [-0.05, 0) is 34.4 Å². The number of nitrogens with one attached hydrogen (secondary N) is 1. The lowest BCUT2D eigenvalue weighted by Crippen LogP contribution is -2.23. The molecule has 2 aromatic heterocycles. The summed E-state index contributed by atoms with van der Waals surface area (Å²) in [4.78, 5) is 17.8. The van der Waals surface area contributed by atoms with Gasteiger partial charge in [-0.25, -0.2) is 0 Å². The minimum atomic E-state index is -0.261. The lowest BCUT2D eigenvalue weighted by atomic mass is 10.1. The number of ether oxygens (including phenoxy) is 1. The minimum Gasteiger partial charge on any atom is -0.496 e. The Morgan fingerprint density at radius 3 is 2.73 bits per heavy atom. The number of nitrogens with zero attached hydrogens (tertiary/aromatic N) is 2. The number of hydrogen-bond acceptors (Lipinski definition) is 6. The first-order chi connectivity index (χ1) is 12.7. The SMILES string of the molecule is COc1cc2ccccc2cc1C(=O)NCc1nc(-c2cccs2)no1. The molecule has 0 spiro atoms. The summed E-state index contributed by atoms with van der Waals surface area (Å²) in [6, 6.07) is 15.3. The Hall–Kier alpha value is -3.19. The first-order valence-corrected chi connectivity index (χ1v) is 8.84. The molecule has 0 aliphatic rings. The van der Waals surface area contributed by atoms with Gasteiger partial charge in [-0.3, -0.25) is 4.79 Å². The summed E-state index contributed by atoms with van der Waals surface area (Å²) in [5, 5.41) is 10.7. The Labute approximate surface area is 153 Å². The highest BCUT2D eigenvalue weighted by Gasteiger charge is 2.15. The second-order valence-corrected chi connectivity index (χ2v) is 6.52. The molecule has 1 amide bonds. The van der Waals surface area contributed by atoms with Crippen molar-refractivity contribution in [2.45, 2.75) is 6.54 Å². The second-order valence-electron chi connectivity index (χ2n) is 5.57. The molecule has 0 saturated carbocycles. The second kappa shape index (κ2) is 6.97. The highest BCUT2D eigenvalue weighted by Crippen LogP contribution is 2.26. The van der Waals surface area contributed by atoms with Gasteiger partial charge in [0.25, 0.3) is 5.91 Å². The summed E-state index contributed by atoms with van der Waals surface area (Å²) in [7, 11) is 1.55. The van der Waals surface area contributed by atoms with Gasteiger partial charge in [-0.2, -0.15) is 4.98 Å². The first kappa shape index (κ1) is 16.3. The molecule has 2 aromatic carbocycles. The van der Waals surface area contributed by atoms with Crippen molar-refractivity contribution in [3.05, 3.63) is 65.4 Å². The average molecular weight is 365 g/mol. The number of rotatable bonds is 5. The van der Waals surface area contributed by atoms with E-state index in [9.17, 15) is 4.79 Å². The van der Waals surface area contributed by atoms with Gasteiger partial charge < -0.3 is 14.6 Å². The maximum atomic E-state index is 12.6. The zero-order valence-corrected chi connectivity index (χ0v) is 14.7. The average Bonchev–Trinajstić information content (AvgIpc) is 3.36. The largest absolute Gasteiger partial charge is 0.496 e. The van der Waals surface area contributed by atoms with E-state index in [-0.39, 0.29) is 12.5 Å². The maximum absolute atomic E-state index is 12.6. The van der Waals surface area contributed by atoms with E-state index < -0.39 is 0 Å². The molecule has 0 aliphatic heterocycles. The number of thiophene rings is 1. The lowest BCUT2D eigenvalue weighted by Gasteiger charge is -2.10. The molecule has 1 N–H and O–H groups in total. The molecule has 130 valence electrons. The van der Waals surface area contributed by atoms with Crippen LogP contribution in [0.3, 0.4) is 0 Å². The molecule has 4 aromatic rings. The van der Waals surface area contributed by atoms with Crippen LogP contribution < -0.4 is 10.1 Å². The topological polar surface area (TPSA) is 77.2 Å². The summed E-state index contributed by atoms with van der Waals surface area (Å²) >= 11 is 1.53. The van der Waals surface area contributed by atoms with Crippen molar-refractivity contribution in [3.63, 3.8) is 0 Å². The molecule has 0 atom stereocenters. The summed E-state index contributed by atoms with van der Waals surface area (Å²) in [6.07, 6.45) is 0. The molecule has 0 saturated heterocycles. The third-order valence-corrected chi connectivity index (χ3v) is 4.79. The summed E-state index contributed by atoms with van der Waals surface area (Å²) in [6.45, 7) is 0.146. The van der Waals surface area contributed by atoms with Gasteiger partial charge in [-0.1, -0.05) is 35.5 Å². The van der Waals surface area contributed by atoms with Gasteiger partial charge in [-0.15, -0.1) is 11.3 Å². The first-order valence-electron chi connectivity index (χ1n) is 7.96. The van der Waals surface area contributed by atoms with Crippen molar-refractivity contribution >= 4 is 28.0 Å². The number of carbonyl (C=O) groups is 1. The van der Waals surface area contributed by atoms with Gasteiger partial charge >= 0.3 is 0 Å². The van der Waals surface area contributed by atoms with Crippen molar-refractivity contribution in [2.75, 3.05) is 7.11 Å². The number of fused-ring (bicyclic) bond motifs is 1. The van der Waals surface area contributed by atoms with Crippen molar-refractivity contribution in [3.8, 4) is 16.5 Å². The maximum Gasteiger partial charge on any atom is 0.255 e. The molecule has 0 radical (unpaired) electrons. The van der Waals surface area contributed by atoms with Gasteiger partial charge in [0.05, 0.1) is 24.1 Å². The zero-order chi connectivity index (χ0) is 17.9. The number of methoxy groups -OCH3 is 1. The van der Waals surface area contributed by atoms with Crippen LogP contribution in [0.5, 0.6) is 5.75 Å². The van der Waals surface area contributed by atoms with Crippen LogP contribution in [-0.2, 0) is 6.54 Å². The Morgan fingerprint density at radius 1 is 1.19 bits per heavy atom. The molecule has 7 heteroatoms. The smallest absolute Gasteiger partial charge is 0.255 e. The van der Waals surface area contributed by atoms with Gasteiger partial charge in [0.15, 0.2) is 0 Å². The summed E-state index contributed by atoms with van der Waals surface area (Å²) in [5.74, 6) is 1.13. The lowest BCUT2D eigenvalue weighted by molar-refractivity contribution is 0.0943. The molecule has 0 fully saturated rings. The van der Waals surface area contributed by atoms with Crippen LogP contribution in [0.4, 0.5) is 0 Å². The normalized spacial score (nSPS) is 10.8. The molecular weight excluding hydrogens is 350 g/mol. The molecule has 6 nitrogen and oxygen atoms in total. The molecule has 2 heterocycles. The van der Waals surface area contributed by atoms with E-state index in [1.54, 1.807) is 7.11 Å². The molecule has 0 unspecified atom stereocenters. The van der Waals surface area contributed by atoms with Crippen LogP contribution in [0.15, 0.2) is 58.4 Å². The van der Waals surface area contributed by atoms with E-state index in [0.717, 1.165) is 15.6 Å². The standard InChI is InChI=1S/C19H15N3O3S/c1-24-15-10-13-6-3-2-5-12(13)9-14(15)19(23)20-11-17-21-18(22-25-17)16-7-4-8-26-16/h2-10H,11H2,1H3,(H,20,23). The zero-order valence-electron chi connectivity index (χ0n) is 13.9. The monoisotopic (exact) mass is 365 g/mol. The van der Waals surface area contributed by atoms with Crippen LogP contribution in [0.2, 0.25) is 0 Å². The van der Waals surface area contributed by atoms with Gasteiger partial charge in [0, 0.05) is 0 Å². The number of aromatic nitrogens is 2. The van der Waals surface area contributed by atoms with Gasteiger partial charge in [0.2, 0.25) is 11.7 Å². The van der Waals surface area contributed by atoms with Crippen molar-refractivity contribution in [1.82, 2.24) is 15.5 Å². The predicted molar refractivity (Wildman–Crippen MR) is 99.3 cm³/mol. The fourth-order valence-electron chi connectivity index (χ4n) is 2.65. The third kappa shape index (κ3) is 3.16. The van der Waals surface area contributed by atoms with Crippen LogP contribution in [0, 0.1) is 0 Å². The molecule has 0 bridgehead atoms. The summed E-state index contributed by atoms with van der Waals surface area (Å²) < 4.78 is 10.6.